The highest BCUT2D eigenvalue weighted by Gasteiger charge is 2.50. The van der Waals surface area contributed by atoms with Gasteiger partial charge in [-0.2, -0.15) is 0 Å². The monoisotopic (exact) mass is 1380 g/mol. The predicted octanol–water partition coefficient (Wildman–Crippen LogP) is 22.8. The van der Waals surface area contributed by atoms with E-state index in [0.717, 1.165) is 146 Å². The molecular formula is C100H69B2N5O. The van der Waals surface area contributed by atoms with Crippen molar-refractivity contribution < 1.29 is 4.42 Å². The molecule has 6 nitrogen and oxygen atoms in total. The predicted molar refractivity (Wildman–Crippen MR) is 457 cm³/mol. The SMILES string of the molecule is CC(C)(C)c1cc2c3c(c1)N(c1c(-c4ccccc4)cccc1-c1ccccc1)c1ccccc1B3c1cc3c(cc1N2c1ccccc1)N(c1c(-c2ccccc2)cccc1-c1ccccc1)c1cccc2c1B3c1ccc(-n3c4ccccc4c4ccccc43)cc1N2c1cccc2c1oc1ccccc12. The number of nitrogens with zero attached hydrogens (tertiary/aromatic N) is 5. The van der Waals surface area contributed by atoms with Gasteiger partial charge in [-0.1, -0.05) is 300 Å². The Labute approximate surface area is 628 Å². The van der Waals surface area contributed by atoms with Crippen LogP contribution in [0.25, 0.3) is 93.9 Å². The second-order valence-electron chi connectivity index (χ2n) is 30.2. The largest absolute Gasteiger partial charge is 0.454 e. The summed E-state index contributed by atoms with van der Waals surface area (Å²) < 4.78 is 9.69. The Bertz CT molecular complexity index is 6540. The van der Waals surface area contributed by atoms with Gasteiger partial charge < -0.3 is 28.6 Å². The molecule has 18 aromatic rings. The number of rotatable bonds is 9. The molecule has 0 fully saturated rings. The molecule has 0 spiro atoms. The van der Waals surface area contributed by atoms with Crippen molar-refractivity contribution in [2.75, 3.05) is 19.6 Å². The van der Waals surface area contributed by atoms with Crippen molar-refractivity contribution in [2.24, 2.45) is 0 Å². The molecule has 4 aliphatic rings. The van der Waals surface area contributed by atoms with Gasteiger partial charge in [0.2, 0.25) is 0 Å². The quantitative estimate of drug-likeness (QED) is 0.134. The normalized spacial score (nSPS) is 13.2. The average Bonchev–Trinajstić information content (AvgIpc) is 0.833. The molecule has 0 atom stereocenters. The molecule has 0 saturated heterocycles. The fourth-order valence-corrected chi connectivity index (χ4v) is 18.6. The molecule has 8 heteroatoms. The van der Waals surface area contributed by atoms with Crippen molar-refractivity contribution in [1.29, 1.82) is 0 Å². The highest BCUT2D eigenvalue weighted by atomic mass is 16.3. The molecule has 16 aromatic carbocycles. The van der Waals surface area contributed by atoms with Gasteiger partial charge in [-0.3, -0.25) is 0 Å². The zero-order valence-corrected chi connectivity index (χ0v) is 59.9. The third kappa shape index (κ3) is 9.23. The molecule has 22 rings (SSSR count). The number of fused-ring (bicyclic) bond motifs is 14. The maximum Gasteiger partial charge on any atom is 0.252 e. The Morgan fingerprint density at radius 2 is 0.667 bits per heavy atom. The van der Waals surface area contributed by atoms with Crippen molar-refractivity contribution >= 4 is 158 Å². The summed E-state index contributed by atoms with van der Waals surface area (Å²) in [6.07, 6.45) is 0. The van der Waals surface area contributed by atoms with Crippen LogP contribution in [0.5, 0.6) is 0 Å². The third-order valence-electron chi connectivity index (χ3n) is 23.3. The molecule has 0 N–H and O–H groups in total. The highest BCUT2D eigenvalue weighted by Crippen LogP contribution is 2.55. The standard InChI is InChI=1S/C100H69B2N5O/c1-100(2,3)68-59-92-96-93(60-68)106(97-71(64-31-9-4-10-32-64)44-27-45-72(97)65-33-11-5-12-34-65)85-52-25-22-49-79(85)101(96)81-62-82-91(63-90(81)103(92)69-39-17-8-18-40-69)107(98-73(66-35-13-6-14-36-66)46-28-47-74(98)67-37-15-7-16-38-67)87-54-30-53-86-95(87)102(82)80-58-57-70(104-83-50-23-19-41-75(83)76-42-20-24-51-84(76)104)61-89(80)105(86)88-55-29-48-78-77-43-21-26-56-94(77)108-99(78)88/h4-63H,1-3H3. The number of hydrogen-bond acceptors (Lipinski definition) is 5. The lowest BCUT2D eigenvalue weighted by atomic mass is 9.30. The maximum absolute atomic E-state index is 7.22. The van der Waals surface area contributed by atoms with Gasteiger partial charge in [-0.05, 0) is 151 Å². The molecule has 0 unspecified atom stereocenters. The van der Waals surface area contributed by atoms with Crippen LogP contribution in [0.1, 0.15) is 26.3 Å². The Kier molecular flexibility index (Phi) is 13.7. The highest BCUT2D eigenvalue weighted by molar-refractivity contribution is 7.03. The van der Waals surface area contributed by atoms with Crippen LogP contribution in [0.2, 0.25) is 0 Å². The summed E-state index contributed by atoms with van der Waals surface area (Å²) in [7, 11) is 0. The number of furan rings is 1. The topological polar surface area (TPSA) is 31.0 Å². The molecule has 0 radical (unpaired) electrons. The summed E-state index contributed by atoms with van der Waals surface area (Å²) in [5.41, 5.74) is 35.9. The van der Waals surface area contributed by atoms with Gasteiger partial charge in [0.1, 0.15) is 5.58 Å². The summed E-state index contributed by atoms with van der Waals surface area (Å²) >= 11 is 0. The number of benzene rings is 16. The van der Waals surface area contributed by atoms with Gasteiger partial charge in [0.15, 0.2) is 5.58 Å². The van der Waals surface area contributed by atoms with Gasteiger partial charge in [-0.15, -0.1) is 0 Å². The smallest absolute Gasteiger partial charge is 0.252 e. The van der Waals surface area contributed by atoms with E-state index in [1.807, 2.05) is 0 Å². The molecule has 0 amide bonds. The molecule has 2 aromatic heterocycles. The van der Waals surface area contributed by atoms with E-state index >= 15 is 0 Å². The van der Waals surface area contributed by atoms with E-state index in [9.17, 15) is 0 Å². The summed E-state index contributed by atoms with van der Waals surface area (Å²) in [6.45, 7) is 6.60. The van der Waals surface area contributed by atoms with Crippen LogP contribution in [0.3, 0.4) is 0 Å². The van der Waals surface area contributed by atoms with Crippen LogP contribution < -0.4 is 52.4 Å². The first kappa shape index (κ1) is 61.9. The van der Waals surface area contributed by atoms with Gasteiger partial charge in [0, 0.05) is 101 Å². The Morgan fingerprint density at radius 3 is 1.24 bits per heavy atom. The lowest BCUT2D eigenvalue weighted by Gasteiger charge is -2.48. The summed E-state index contributed by atoms with van der Waals surface area (Å²) in [5, 5.41) is 4.59. The van der Waals surface area contributed by atoms with E-state index in [0.29, 0.717) is 0 Å². The first-order valence-electron chi connectivity index (χ1n) is 37.6. The van der Waals surface area contributed by atoms with E-state index in [2.05, 4.69) is 409 Å². The van der Waals surface area contributed by atoms with Crippen molar-refractivity contribution in [3.63, 3.8) is 0 Å². The number of hydrogen-bond donors (Lipinski definition) is 0. The zero-order valence-electron chi connectivity index (χ0n) is 59.9. The maximum atomic E-state index is 7.22. The Hall–Kier alpha value is -13.6. The van der Waals surface area contributed by atoms with Crippen molar-refractivity contribution in [2.45, 2.75) is 26.2 Å². The van der Waals surface area contributed by atoms with Crippen LogP contribution in [-0.4, -0.2) is 18.0 Å². The lowest BCUT2D eigenvalue weighted by Crippen LogP contribution is -2.65. The fraction of sp³-hybridized carbons (Fsp3) is 0.0400. The van der Waals surface area contributed by atoms with Crippen molar-refractivity contribution in [3.8, 4) is 50.2 Å². The van der Waals surface area contributed by atoms with Crippen molar-refractivity contribution in [1.82, 2.24) is 4.57 Å². The fourth-order valence-electron chi connectivity index (χ4n) is 18.6. The van der Waals surface area contributed by atoms with Crippen LogP contribution in [-0.2, 0) is 5.41 Å². The van der Waals surface area contributed by atoms with Crippen LogP contribution in [0.4, 0.5) is 68.2 Å². The first-order chi connectivity index (χ1) is 53.3. The molecule has 4 aliphatic heterocycles. The molecule has 0 aliphatic carbocycles. The summed E-state index contributed by atoms with van der Waals surface area (Å²) in [4.78, 5) is 10.5. The van der Waals surface area contributed by atoms with Crippen LogP contribution in [0.15, 0.2) is 368 Å². The van der Waals surface area contributed by atoms with E-state index in [4.69, 9.17) is 4.42 Å². The van der Waals surface area contributed by atoms with E-state index < -0.39 is 0 Å². The second-order valence-corrected chi connectivity index (χ2v) is 30.2. The molecule has 6 heterocycles. The van der Waals surface area contributed by atoms with Gasteiger partial charge >= 0.3 is 0 Å². The number of para-hydroxylation sites is 8. The summed E-state index contributed by atoms with van der Waals surface area (Å²) in [5.74, 6) is 0. The minimum atomic E-state index is -0.291. The Balaban J connectivity index is 0.884. The van der Waals surface area contributed by atoms with E-state index in [1.165, 1.54) is 54.8 Å². The second kappa shape index (κ2) is 24.0. The third-order valence-corrected chi connectivity index (χ3v) is 23.3. The zero-order chi connectivity index (χ0) is 71.5. The van der Waals surface area contributed by atoms with Crippen LogP contribution >= 0.6 is 0 Å². The summed E-state index contributed by atoms with van der Waals surface area (Å²) in [6, 6.07) is 136. The number of aromatic nitrogens is 1. The van der Waals surface area contributed by atoms with Gasteiger partial charge in [0.25, 0.3) is 13.4 Å². The molecule has 108 heavy (non-hydrogen) atoms. The minimum Gasteiger partial charge on any atom is -0.454 e. The van der Waals surface area contributed by atoms with Gasteiger partial charge in [-0.25, -0.2) is 0 Å². The van der Waals surface area contributed by atoms with Crippen LogP contribution in [0, 0.1) is 0 Å². The van der Waals surface area contributed by atoms with Crippen molar-refractivity contribution in [3.05, 3.63) is 370 Å². The minimum absolute atomic E-state index is 0.231. The lowest BCUT2D eigenvalue weighted by molar-refractivity contribution is 0.590. The van der Waals surface area contributed by atoms with E-state index in [-0.39, 0.29) is 18.8 Å². The average molecular weight is 1380 g/mol. The molecular weight excluding hydrogens is 1310 g/mol. The van der Waals surface area contributed by atoms with E-state index in [1.54, 1.807) is 0 Å². The molecule has 0 saturated carbocycles. The molecule has 506 valence electrons. The first-order valence-corrected chi connectivity index (χ1v) is 37.6. The number of anilines is 12. The molecule has 0 bridgehead atoms. The Morgan fingerprint density at radius 1 is 0.259 bits per heavy atom. The van der Waals surface area contributed by atoms with Gasteiger partial charge in [0.05, 0.1) is 28.1 Å².